The highest BCUT2D eigenvalue weighted by Crippen LogP contribution is 2.36. The minimum atomic E-state index is -1.20. The molecule has 1 aliphatic rings. The number of nitrogens with one attached hydrogen (secondary N) is 1. The standard InChI is InChI=1S/C17H20ClNO4/c1-9-6-12(13(17(21)22)7-10(9)2)16(20)19-14-8-11(18)4-5-15(14)23-3/h4-5,8,12-13H,6-7H2,1-3H3,(H,19,20)(H,21,22)/p-1/t12-,13-/m0/s1. The first-order chi connectivity index (χ1) is 10.8. The average molecular weight is 337 g/mol. The Hall–Kier alpha value is -2.01. The number of ether oxygens (including phenoxy) is 1. The molecule has 1 N–H and O–H groups in total. The molecule has 0 saturated heterocycles. The van der Waals surface area contributed by atoms with Crippen LogP contribution in [0.15, 0.2) is 29.3 Å². The summed E-state index contributed by atoms with van der Waals surface area (Å²) in [5.74, 6) is -2.61. The van der Waals surface area contributed by atoms with Gasteiger partial charge in [0.1, 0.15) is 5.75 Å². The first-order valence-electron chi connectivity index (χ1n) is 7.34. The van der Waals surface area contributed by atoms with Crippen LogP contribution >= 0.6 is 11.6 Å². The molecule has 1 aliphatic carbocycles. The zero-order valence-corrected chi connectivity index (χ0v) is 14.1. The van der Waals surface area contributed by atoms with E-state index in [0.29, 0.717) is 29.3 Å². The lowest BCUT2D eigenvalue weighted by atomic mass is 9.76. The maximum Gasteiger partial charge on any atom is 0.228 e. The minimum Gasteiger partial charge on any atom is -0.550 e. The van der Waals surface area contributed by atoms with Crippen molar-refractivity contribution in [2.75, 3.05) is 12.4 Å². The fraction of sp³-hybridized carbons (Fsp3) is 0.412. The fourth-order valence-corrected chi connectivity index (χ4v) is 2.99. The normalized spacial score (nSPS) is 21.0. The zero-order chi connectivity index (χ0) is 17.1. The number of rotatable bonds is 4. The first-order valence-corrected chi connectivity index (χ1v) is 7.71. The molecule has 6 heteroatoms. The van der Waals surface area contributed by atoms with E-state index >= 15 is 0 Å². The number of halogens is 1. The number of carbonyl (C=O) groups is 2. The molecule has 0 fully saturated rings. The summed E-state index contributed by atoms with van der Waals surface area (Å²) in [6.45, 7) is 3.81. The molecule has 0 aromatic heterocycles. The Kier molecular flexibility index (Phi) is 5.31. The maximum atomic E-state index is 12.6. The van der Waals surface area contributed by atoms with Crippen LogP contribution in [-0.4, -0.2) is 19.0 Å². The Labute approximate surface area is 140 Å². The van der Waals surface area contributed by atoms with Crippen LogP contribution in [-0.2, 0) is 9.59 Å². The second kappa shape index (κ2) is 7.04. The van der Waals surface area contributed by atoms with Gasteiger partial charge >= 0.3 is 0 Å². The third-order valence-corrected chi connectivity index (χ3v) is 4.56. The van der Waals surface area contributed by atoms with Crippen molar-refractivity contribution in [1.29, 1.82) is 0 Å². The number of carboxylic acid groups (broad SMARTS) is 1. The number of carboxylic acids is 1. The molecule has 1 amide bonds. The molecule has 0 unspecified atom stereocenters. The number of hydrogen-bond acceptors (Lipinski definition) is 4. The highest BCUT2D eigenvalue weighted by Gasteiger charge is 2.33. The molecule has 0 aliphatic heterocycles. The molecule has 0 radical (unpaired) electrons. The number of methoxy groups -OCH3 is 1. The smallest absolute Gasteiger partial charge is 0.228 e. The Morgan fingerprint density at radius 1 is 1.22 bits per heavy atom. The predicted octanol–water partition coefficient (Wildman–Crippen LogP) is 2.40. The van der Waals surface area contributed by atoms with Crippen LogP contribution < -0.4 is 15.2 Å². The van der Waals surface area contributed by atoms with Crippen molar-refractivity contribution in [3.8, 4) is 5.75 Å². The highest BCUT2D eigenvalue weighted by atomic mass is 35.5. The maximum absolute atomic E-state index is 12.6. The van der Waals surface area contributed by atoms with Gasteiger partial charge in [0.25, 0.3) is 0 Å². The first kappa shape index (κ1) is 17.3. The van der Waals surface area contributed by atoms with Crippen LogP contribution in [0.5, 0.6) is 5.75 Å². The second-order valence-electron chi connectivity index (χ2n) is 5.83. The lowest BCUT2D eigenvalue weighted by Crippen LogP contribution is -2.42. The summed E-state index contributed by atoms with van der Waals surface area (Å²) in [7, 11) is 1.49. The third-order valence-electron chi connectivity index (χ3n) is 4.33. The van der Waals surface area contributed by atoms with Crippen LogP contribution in [0.1, 0.15) is 26.7 Å². The van der Waals surface area contributed by atoms with Crippen LogP contribution in [0.2, 0.25) is 5.02 Å². The van der Waals surface area contributed by atoms with E-state index in [4.69, 9.17) is 16.3 Å². The number of allylic oxidation sites excluding steroid dienone is 2. The number of anilines is 1. The number of amides is 1. The molecule has 0 saturated carbocycles. The molecule has 5 nitrogen and oxygen atoms in total. The lowest BCUT2D eigenvalue weighted by molar-refractivity contribution is -0.313. The SMILES string of the molecule is COc1ccc(Cl)cc1NC(=O)[C@H]1CC(C)=C(C)C[C@@H]1C(=O)[O-]. The second-order valence-corrected chi connectivity index (χ2v) is 6.27. The van der Waals surface area contributed by atoms with Crippen LogP contribution in [0.25, 0.3) is 0 Å². The summed E-state index contributed by atoms with van der Waals surface area (Å²) in [4.78, 5) is 24.0. The fourth-order valence-electron chi connectivity index (χ4n) is 2.82. The van der Waals surface area contributed by atoms with E-state index in [0.717, 1.165) is 11.1 Å². The van der Waals surface area contributed by atoms with Gasteiger partial charge in [0.05, 0.1) is 18.7 Å². The summed E-state index contributed by atoms with van der Waals surface area (Å²) in [5, 5.41) is 14.6. The van der Waals surface area contributed by atoms with Gasteiger partial charge in [-0.25, -0.2) is 0 Å². The van der Waals surface area contributed by atoms with Gasteiger partial charge in [0.15, 0.2) is 0 Å². The van der Waals surface area contributed by atoms with E-state index in [1.807, 2.05) is 13.8 Å². The number of hydrogen-bond donors (Lipinski definition) is 1. The predicted molar refractivity (Wildman–Crippen MR) is 86.2 cm³/mol. The van der Waals surface area contributed by atoms with Gasteiger partial charge in [-0.05, 0) is 44.9 Å². The van der Waals surface area contributed by atoms with Crippen LogP contribution in [0, 0.1) is 11.8 Å². The van der Waals surface area contributed by atoms with Gasteiger partial charge < -0.3 is 20.0 Å². The van der Waals surface area contributed by atoms with Gasteiger partial charge in [0, 0.05) is 16.9 Å². The van der Waals surface area contributed by atoms with E-state index in [2.05, 4.69) is 5.32 Å². The number of aliphatic carboxylic acids is 1. The van der Waals surface area contributed by atoms with Gasteiger partial charge in [-0.15, -0.1) is 0 Å². The summed E-state index contributed by atoms with van der Waals surface area (Å²) in [6, 6.07) is 4.87. The Morgan fingerprint density at radius 3 is 2.39 bits per heavy atom. The quantitative estimate of drug-likeness (QED) is 0.856. The Bertz CT molecular complexity index is 669. The highest BCUT2D eigenvalue weighted by molar-refractivity contribution is 6.31. The Morgan fingerprint density at radius 2 is 1.83 bits per heavy atom. The topological polar surface area (TPSA) is 78.5 Å². The molecule has 0 bridgehead atoms. The molecule has 2 rings (SSSR count). The van der Waals surface area contributed by atoms with Crippen molar-refractivity contribution in [2.45, 2.75) is 26.7 Å². The minimum absolute atomic E-state index is 0.332. The molecular weight excluding hydrogens is 318 g/mol. The van der Waals surface area contributed by atoms with Crippen molar-refractivity contribution < 1.29 is 19.4 Å². The van der Waals surface area contributed by atoms with Gasteiger partial charge in [-0.2, -0.15) is 0 Å². The molecule has 1 aromatic carbocycles. The zero-order valence-electron chi connectivity index (χ0n) is 13.3. The van der Waals surface area contributed by atoms with Crippen molar-refractivity contribution in [3.63, 3.8) is 0 Å². The van der Waals surface area contributed by atoms with Crippen LogP contribution in [0.3, 0.4) is 0 Å². The molecule has 2 atom stereocenters. The van der Waals surface area contributed by atoms with Crippen LogP contribution in [0.4, 0.5) is 5.69 Å². The number of benzene rings is 1. The average Bonchev–Trinajstić information content (AvgIpc) is 2.49. The van der Waals surface area contributed by atoms with Gasteiger partial charge in [-0.3, -0.25) is 4.79 Å². The lowest BCUT2D eigenvalue weighted by Gasteiger charge is -2.32. The van der Waals surface area contributed by atoms with E-state index in [1.165, 1.54) is 7.11 Å². The molecule has 124 valence electrons. The monoisotopic (exact) mass is 336 g/mol. The third kappa shape index (κ3) is 3.85. The summed E-state index contributed by atoms with van der Waals surface area (Å²) < 4.78 is 5.19. The Balaban J connectivity index is 2.25. The molecule has 0 spiro atoms. The van der Waals surface area contributed by atoms with Crippen molar-refractivity contribution in [3.05, 3.63) is 34.4 Å². The summed E-state index contributed by atoms with van der Waals surface area (Å²) in [5.41, 5.74) is 2.47. The van der Waals surface area contributed by atoms with Crippen molar-refractivity contribution in [2.24, 2.45) is 11.8 Å². The van der Waals surface area contributed by atoms with E-state index in [9.17, 15) is 14.7 Å². The van der Waals surface area contributed by atoms with E-state index in [1.54, 1.807) is 18.2 Å². The number of carbonyl (C=O) groups excluding carboxylic acids is 2. The largest absolute Gasteiger partial charge is 0.550 e. The van der Waals surface area contributed by atoms with E-state index in [-0.39, 0.29) is 5.91 Å². The molecule has 0 heterocycles. The molecule has 23 heavy (non-hydrogen) atoms. The van der Waals surface area contributed by atoms with Gasteiger partial charge in [-0.1, -0.05) is 22.7 Å². The van der Waals surface area contributed by atoms with Gasteiger partial charge in [0.2, 0.25) is 5.91 Å². The molecular formula is C17H19ClNO4-. The summed E-state index contributed by atoms with van der Waals surface area (Å²) in [6.07, 6.45) is 0.734. The van der Waals surface area contributed by atoms with Crippen molar-refractivity contribution >= 4 is 29.2 Å². The van der Waals surface area contributed by atoms with Crippen molar-refractivity contribution in [1.82, 2.24) is 0 Å². The van der Waals surface area contributed by atoms with E-state index < -0.39 is 17.8 Å². The summed E-state index contributed by atoms with van der Waals surface area (Å²) >= 11 is 5.95. The molecule has 1 aromatic rings.